The smallest absolute Gasteiger partial charge is 0.338 e. The number of allylic oxidation sites excluding steroid dienone is 1. The Kier molecular flexibility index (Phi) is 7.85. The highest BCUT2D eigenvalue weighted by molar-refractivity contribution is 7.07. The molecule has 3 aromatic carbocycles. The fraction of sp³-hybridized carbons (Fsp3) is 0.258. The third-order valence-corrected chi connectivity index (χ3v) is 7.91. The molecule has 0 unspecified atom stereocenters. The van der Waals surface area contributed by atoms with Gasteiger partial charge in [-0.25, -0.2) is 9.79 Å². The first-order chi connectivity index (χ1) is 19.7. The molecule has 0 fully saturated rings. The summed E-state index contributed by atoms with van der Waals surface area (Å²) in [7, 11) is 0. The molecular formula is C31H29N3O6S. The maximum absolute atomic E-state index is 14.1. The van der Waals surface area contributed by atoms with Gasteiger partial charge in [0.15, 0.2) is 4.80 Å². The third kappa shape index (κ3) is 5.18. The van der Waals surface area contributed by atoms with Crippen molar-refractivity contribution < 1.29 is 19.2 Å². The summed E-state index contributed by atoms with van der Waals surface area (Å²) in [5.74, 6) is 0.0334. The number of aryl methyl sites for hydroxylation is 1. The van der Waals surface area contributed by atoms with E-state index in [1.54, 1.807) is 39.0 Å². The van der Waals surface area contributed by atoms with Crippen LogP contribution in [0, 0.1) is 17.0 Å². The van der Waals surface area contributed by atoms with Crippen molar-refractivity contribution in [2.24, 2.45) is 4.99 Å². The molecule has 10 heteroatoms. The first kappa shape index (κ1) is 28.0. The van der Waals surface area contributed by atoms with Crippen LogP contribution < -0.4 is 19.6 Å². The van der Waals surface area contributed by atoms with Crippen molar-refractivity contribution in [2.45, 2.75) is 40.2 Å². The highest BCUT2D eigenvalue weighted by atomic mass is 32.1. The topological polar surface area (TPSA) is 113 Å². The van der Waals surface area contributed by atoms with Gasteiger partial charge in [-0.3, -0.25) is 19.5 Å². The number of esters is 1. The quantitative estimate of drug-likeness (QED) is 0.168. The minimum atomic E-state index is -0.949. The number of carbonyl (C=O) groups excluding carboxylic acids is 1. The van der Waals surface area contributed by atoms with Gasteiger partial charge in [-0.15, -0.1) is 0 Å². The highest BCUT2D eigenvalue weighted by Gasteiger charge is 2.34. The van der Waals surface area contributed by atoms with E-state index >= 15 is 0 Å². The van der Waals surface area contributed by atoms with E-state index < -0.39 is 16.9 Å². The van der Waals surface area contributed by atoms with Crippen LogP contribution in [0.3, 0.4) is 0 Å². The molecule has 4 aromatic rings. The normalized spacial score (nSPS) is 15.0. The molecular weight excluding hydrogens is 542 g/mol. The van der Waals surface area contributed by atoms with Gasteiger partial charge in [0.25, 0.3) is 11.2 Å². The number of nitro groups is 1. The maximum atomic E-state index is 14.1. The lowest BCUT2D eigenvalue weighted by molar-refractivity contribution is -0.385. The van der Waals surface area contributed by atoms with E-state index in [0.29, 0.717) is 38.5 Å². The number of rotatable bonds is 8. The number of benzene rings is 3. The van der Waals surface area contributed by atoms with Crippen LogP contribution in [0.2, 0.25) is 0 Å². The van der Waals surface area contributed by atoms with Gasteiger partial charge in [0.2, 0.25) is 0 Å². The summed E-state index contributed by atoms with van der Waals surface area (Å²) in [4.78, 5) is 43.6. The summed E-state index contributed by atoms with van der Waals surface area (Å²) >= 11 is 1.19. The number of nitrogens with zero attached hydrogens (tertiary/aromatic N) is 3. The van der Waals surface area contributed by atoms with Crippen molar-refractivity contribution in [3.05, 3.63) is 112 Å². The zero-order valence-corrected chi connectivity index (χ0v) is 24.0. The van der Waals surface area contributed by atoms with Crippen LogP contribution in [0.5, 0.6) is 5.75 Å². The molecule has 1 aliphatic rings. The Hall–Kier alpha value is -4.57. The van der Waals surface area contributed by atoms with E-state index in [9.17, 15) is 19.7 Å². The molecule has 1 aliphatic heterocycles. The van der Waals surface area contributed by atoms with Gasteiger partial charge in [-0.1, -0.05) is 60.7 Å². The van der Waals surface area contributed by atoms with Crippen molar-refractivity contribution >= 4 is 39.8 Å². The Bertz CT molecular complexity index is 1900. The van der Waals surface area contributed by atoms with E-state index in [4.69, 9.17) is 9.47 Å². The minimum Gasteiger partial charge on any atom is -0.493 e. The molecule has 0 spiro atoms. The lowest BCUT2D eigenvalue weighted by Gasteiger charge is -2.24. The zero-order valence-electron chi connectivity index (χ0n) is 23.2. The van der Waals surface area contributed by atoms with Gasteiger partial charge in [0.05, 0.1) is 40.0 Å². The second-order valence-electron chi connectivity index (χ2n) is 9.65. The number of thiazole rings is 1. The Labute approximate surface area is 239 Å². The fourth-order valence-electron chi connectivity index (χ4n) is 4.99. The summed E-state index contributed by atoms with van der Waals surface area (Å²) in [5.41, 5.74) is 1.75. The molecule has 0 amide bonds. The zero-order chi connectivity index (χ0) is 29.3. The summed E-state index contributed by atoms with van der Waals surface area (Å²) < 4.78 is 13.2. The van der Waals surface area contributed by atoms with Gasteiger partial charge in [-0.2, -0.15) is 0 Å². The summed E-state index contributed by atoms with van der Waals surface area (Å²) in [5, 5.41) is 13.7. The van der Waals surface area contributed by atoms with Crippen molar-refractivity contribution in [3.8, 4) is 5.75 Å². The monoisotopic (exact) mass is 571 g/mol. The first-order valence-corrected chi connectivity index (χ1v) is 14.2. The number of aromatic nitrogens is 1. The number of hydrogen-bond donors (Lipinski definition) is 0. The number of carbonyl (C=O) groups is 1. The summed E-state index contributed by atoms with van der Waals surface area (Å²) in [6, 6.07) is 15.5. The van der Waals surface area contributed by atoms with Crippen LogP contribution in [-0.4, -0.2) is 28.7 Å². The Balaban J connectivity index is 1.78. The molecule has 0 saturated carbocycles. The third-order valence-electron chi connectivity index (χ3n) is 6.93. The summed E-state index contributed by atoms with van der Waals surface area (Å²) in [6.45, 7) is 7.69. The lowest BCUT2D eigenvalue weighted by Crippen LogP contribution is -2.40. The van der Waals surface area contributed by atoms with E-state index in [-0.39, 0.29) is 23.4 Å². The highest BCUT2D eigenvalue weighted by Crippen LogP contribution is 2.34. The number of nitro benzene ring substituents is 1. The van der Waals surface area contributed by atoms with Gasteiger partial charge in [0, 0.05) is 17.2 Å². The van der Waals surface area contributed by atoms with Crippen LogP contribution in [0.4, 0.5) is 5.69 Å². The molecule has 0 aliphatic carbocycles. The fourth-order valence-corrected chi connectivity index (χ4v) is 6.02. The Morgan fingerprint density at radius 3 is 2.66 bits per heavy atom. The predicted octanol–water partition coefficient (Wildman–Crippen LogP) is 4.96. The van der Waals surface area contributed by atoms with Crippen LogP contribution in [0.1, 0.15) is 49.9 Å². The van der Waals surface area contributed by atoms with Crippen LogP contribution >= 0.6 is 11.3 Å². The molecule has 41 heavy (non-hydrogen) atoms. The van der Waals surface area contributed by atoms with Crippen molar-refractivity contribution in [2.75, 3.05) is 13.2 Å². The Morgan fingerprint density at radius 1 is 1.15 bits per heavy atom. The van der Waals surface area contributed by atoms with Gasteiger partial charge >= 0.3 is 5.97 Å². The molecule has 0 bridgehead atoms. The lowest BCUT2D eigenvalue weighted by atomic mass is 9.94. The molecule has 1 aromatic heterocycles. The number of hydrogen-bond acceptors (Lipinski definition) is 8. The molecule has 0 saturated heterocycles. The largest absolute Gasteiger partial charge is 0.493 e. The predicted molar refractivity (Wildman–Crippen MR) is 158 cm³/mol. The SMILES string of the molecule is CCCOc1ccc2ccccc2c1/C=c1/sc2n(c1=O)[C@H](c1ccc(C)c([N+](=O)[O-])c1)C(C(=O)OCC)=C(C)N=2. The second kappa shape index (κ2) is 11.5. The van der Waals surface area contributed by atoms with Gasteiger partial charge < -0.3 is 9.47 Å². The average Bonchev–Trinajstić information content (AvgIpc) is 3.26. The molecule has 1 atom stereocenters. The average molecular weight is 572 g/mol. The maximum Gasteiger partial charge on any atom is 0.338 e. The van der Waals surface area contributed by atoms with Crippen molar-refractivity contribution in [1.29, 1.82) is 0 Å². The van der Waals surface area contributed by atoms with Gasteiger partial charge in [-0.05, 0) is 55.7 Å². The van der Waals surface area contributed by atoms with E-state index in [1.165, 1.54) is 22.0 Å². The molecule has 9 nitrogen and oxygen atoms in total. The van der Waals surface area contributed by atoms with Crippen molar-refractivity contribution in [3.63, 3.8) is 0 Å². The molecule has 0 N–H and O–H groups in total. The van der Waals surface area contributed by atoms with Crippen molar-refractivity contribution in [1.82, 2.24) is 4.57 Å². The molecule has 210 valence electrons. The van der Waals surface area contributed by atoms with Crippen LogP contribution in [0.25, 0.3) is 16.8 Å². The van der Waals surface area contributed by atoms with Crippen LogP contribution in [-0.2, 0) is 9.53 Å². The molecule has 2 heterocycles. The second-order valence-corrected chi connectivity index (χ2v) is 10.7. The molecule has 5 rings (SSSR count). The summed E-state index contributed by atoms with van der Waals surface area (Å²) in [6.07, 6.45) is 2.63. The van der Waals surface area contributed by atoms with Crippen LogP contribution in [0.15, 0.2) is 75.7 Å². The van der Waals surface area contributed by atoms with Gasteiger partial charge in [0.1, 0.15) is 5.75 Å². The van der Waals surface area contributed by atoms with E-state index in [1.807, 2.05) is 43.3 Å². The first-order valence-electron chi connectivity index (χ1n) is 13.3. The van der Waals surface area contributed by atoms with E-state index in [0.717, 1.165) is 22.8 Å². The minimum absolute atomic E-state index is 0.101. The molecule has 0 radical (unpaired) electrons. The Morgan fingerprint density at radius 2 is 1.93 bits per heavy atom. The number of ether oxygens (including phenoxy) is 2. The standard InChI is InChI=1S/C31H29N3O6S/c1-5-15-40-25-14-13-20-9-7-8-10-22(20)23(25)17-26-29(35)33-28(21-12-11-18(3)24(16-21)34(37)38)27(30(36)39-6-2)19(4)32-31(33)41-26/h7-14,16-17,28H,5-6,15H2,1-4H3/b26-17+/t28-/m1/s1. The number of fused-ring (bicyclic) bond motifs is 2. The van der Waals surface area contributed by atoms with E-state index in [2.05, 4.69) is 4.99 Å².